The predicted octanol–water partition coefficient (Wildman–Crippen LogP) is 4.67. The molecule has 6 heteroatoms. The number of fused-ring (bicyclic) bond motifs is 3. The van der Waals surface area contributed by atoms with E-state index in [-0.39, 0.29) is 11.9 Å². The van der Waals surface area contributed by atoms with Crippen molar-refractivity contribution in [3.8, 4) is 0 Å². The van der Waals surface area contributed by atoms with Gasteiger partial charge in [-0.15, -0.1) is 0 Å². The average molecular weight is 435 g/mol. The summed E-state index contributed by atoms with van der Waals surface area (Å²) < 4.78 is 4.82. The Hall–Kier alpha value is -2.37. The number of carbonyl (C=O) groups is 3. The smallest absolute Gasteiger partial charge is 0.328 e. The van der Waals surface area contributed by atoms with Crippen LogP contribution in [0.1, 0.15) is 84.9 Å². The second-order valence-corrected chi connectivity index (χ2v) is 6.99. The normalized spacial score (nSPS) is 17.6. The van der Waals surface area contributed by atoms with Gasteiger partial charge in [-0.2, -0.15) is 0 Å². The predicted molar refractivity (Wildman–Crippen MR) is 126 cm³/mol. The molecule has 3 rings (SSSR count). The van der Waals surface area contributed by atoms with Crippen LogP contribution in [0.3, 0.4) is 0 Å². The summed E-state index contributed by atoms with van der Waals surface area (Å²) in [5, 5.41) is 2.46. The average Bonchev–Trinajstić information content (AvgIpc) is 3.21. The van der Waals surface area contributed by atoms with Crippen LogP contribution in [0.4, 0.5) is 0 Å². The number of amides is 2. The van der Waals surface area contributed by atoms with E-state index in [0.717, 1.165) is 32.2 Å². The molecule has 0 radical (unpaired) electrons. The van der Waals surface area contributed by atoms with E-state index in [2.05, 4.69) is 29.6 Å². The number of benzene rings is 1. The molecule has 2 aliphatic heterocycles. The minimum atomic E-state index is -0.512. The molecule has 2 amide bonds. The van der Waals surface area contributed by atoms with Crippen molar-refractivity contribution >= 4 is 18.3 Å². The second-order valence-electron chi connectivity index (χ2n) is 6.99. The van der Waals surface area contributed by atoms with E-state index in [1.807, 2.05) is 46.4 Å². The maximum absolute atomic E-state index is 11.5. The summed E-state index contributed by atoms with van der Waals surface area (Å²) in [6.07, 6.45) is 4.13. The first kappa shape index (κ1) is 28.6. The fraction of sp³-hybridized carbons (Fsp3) is 0.640. The van der Waals surface area contributed by atoms with Crippen molar-refractivity contribution in [3.63, 3.8) is 0 Å². The van der Waals surface area contributed by atoms with E-state index in [4.69, 9.17) is 4.74 Å². The Bertz CT molecular complexity index is 663. The maximum Gasteiger partial charge on any atom is 0.328 e. The molecule has 3 unspecified atom stereocenters. The van der Waals surface area contributed by atoms with Gasteiger partial charge in [0.25, 0.3) is 0 Å². The van der Waals surface area contributed by atoms with E-state index in [9.17, 15) is 14.4 Å². The number of nitrogens with zero attached hydrogens (tertiary/aromatic N) is 1. The number of hydrogen-bond acceptors (Lipinski definition) is 4. The quantitative estimate of drug-likeness (QED) is 0.521. The Morgan fingerprint density at radius 2 is 1.84 bits per heavy atom. The van der Waals surface area contributed by atoms with Gasteiger partial charge in [0.2, 0.25) is 12.3 Å². The zero-order chi connectivity index (χ0) is 23.8. The summed E-state index contributed by atoms with van der Waals surface area (Å²) in [5.74, 6) is 0.0812. The second kappa shape index (κ2) is 16.3. The molecular weight excluding hydrogens is 392 g/mol. The lowest BCUT2D eigenvalue weighted by atomic mass is 9.93. The molecule has 1 aromatic carbocycles. The summed E-state index contributed by atoms with van der Waals surface area (Å²) in [6, 6.07) is 8.39. The number of ether oxygens (including phenoxy) is 1. The standard InChI is InChI=1S/C12H13NO.C9H17NO3.2C2H6/c14-12-6-5-11-10-4-2-1-3-9(10)7-8-13(11)12;1-4-7(3)8(10-6-11)9(12)13-5-2;2*1-2/h1-4,11H,5-8H2;6-8H,4-5H2,1-3H3,(H,10,11);2*1-2H3. The molecule has 0 aromatic heterocycles. The van der Waals surface area contributed by atoms with Crippen molar-refractivity contribution < 1.29 is 19.1 Å². The fourth-order valence-electron chi connectivity index (χ4n) is 3.67. The zero-order valence-electron chi connectivity index (χ0n) is 20.4. The monoisotopic (exact) mass is 434 g/mol. The van der Waals surface area contributed by atoms with Gasteiger partial charge < -0.3 is 15.0 Å². The van der Waals surface area contributed by atoms with Crippen molar-refractivity contribution in [2.75, 3.05) is 13.2 Å². The molecule has 1 saturated heterocycles. The van der Waals surface area contributed by atoms with E-state index in [1.54, 1.807) is 6.92 Å². The summed E-state index contributed by atoms with van der Waals surface area (Å²) in [5.41, 5.74) is 2.81. The van der Waals surface area contributed by atoms with Gasteiger partial charge in [-0.05, 0) is 36.8 Å². The highest BCUT2D eigenvalue weighted by Crippen LogP contribution is 2.37. The molecule has 6 nitrogen and oxygen atoms in total. The van der Waals surface area contributed by atoms with Gasteiger partial charge in [-0.25, -0.2) is 4.79 Å². The molecule has 0 aliphatic carbocycles. The van der Waals surface area contributed by atoms with Crippen molar-refractivity contribution in [2.45, 2.75) is 86.2 Å². The molecule has 0 saturated carbocycles. The number of rotatable bonds is 6. The third kappa shape index (κ3) is 8.35. The lowest BCUT2D eigenvalue weighted by molar-refractivity contribution is -0.148. The van der Waals surface area contributed by atoms with E-state index >= 15 is 0 Å². The molecule has 31 heavy (non-hydrogen) atoms. The van der Waals surface area contributed by atoms with Crippen molar-refractivity contribution in [1.29, 1.82) is 0 Å². The summed E-state index contributed by atoms with van der Waals surface area (Å²) in [4.78, 5) is 35.1. The Labute approximate surface area is 188 Å². The molecule has 1 N–H and O–H groups in total. The minimum Gasteiger partial charge on any atom is -0.464 e. The lowest BCUT2D eigenvalue weighted by Crippen LogP contribution is -2.42. The Morgan fingerprint density at radius 1 is 1.19 bits per heavy atom. The maximum atomic E-state index is 11.5. The van der Waals surface area contributed by atoms with Crippen molar-refractivity contribution in [3.05, 3.63) is 35.4 Å². The molecule has 2 heterocycles. The van der Waals surface area contributed by atoms with Gasteiger partial charge >= 0.3 is 5.97 Å². The molecule has 176 valence electrons. The van der Waals surface area contributed by atoms with Crippen LogP contribution >= 0.6 is 0 Å². The number of hydrogen-bond donors (Lipinski definition) is 1. The minimum absolute atomic E-state index is 0.101. The highest BCUT2D eigenvalue weighted by molar-refractivity contribution is 5.79. The van der Waals surface area contributed by atoms with Crippen LogP contribution in [0.2, 0.25) is 0 Å². The van der Waals surface area contributed by atoms with Crippen LogP contribution in [-0.2, 0) is 25.5 Å². The molecule has 1 fully saturated rings. The summed E-state index contributed by atoms with van der Waals surface area (Å²) >= 11 is 0. The largest absolute Gasteiger partial charge is 0.464 e. The van der Waals surface area contributed by atoms with Crippen LogP contribution in [-0.4, -0.2) is 42.4 Å². The van der Waals surface area contributed by atoms with E-state index in [1.165, 1.54) is 11.1 Å². The van der Waals surface area contributed by atoms with Crippen molar-refractivity contribution in [2.24, 2.45) is 5.92 Å². The van der Waals surface area contributed by atoms with Crippen LogP contribution < -0.4 is 5.32 Å². The highest BCUT2D eigenvalue weighted by Gasteiger charge is 2.35. The van der Waals surface area contributed by atoms with Gasteiger partial charge in [-0.3, -0.25) is 9.59 Å². The van der Waals surface area contributed by atoms with E-state index in [0.29, 0.717) is 25.0 Å². The van der Waals surface area contributed by atoms with E-state index < -0.39 is 6.04 Å². The third-order valence-electron chi connectivity index (χ3n) is 5.37. The summed E-state index contributed by atoms with van der Waals surface area (Å²) in [7, 11) is 0. The van der Waals surface area contributed by atoms with Gasteiger partial charge in [0.05, 0.1) is 12.6 Å². The molecule has 1 aromatic rings. The number of nitrogens with one attached hydrogen (secondary N) is 1. The first-order valence-electron chi connectivity index (χ1n) is 11.8. The van der Waals surface area contributed by atoms with Crippen LogP contribution in [0.15, 0.2) is 24.3 Å². The number of esters is 1. The molecule has 0 spiro atoms. The van der Waals surface area contributed by atoms with Crippen LogP contribution in [0.25, 0.3) is 0 Å². The Kier molecular flexibility index (Phi) is 15.1. The first-order chi connectivity index (χ1) is 15.0. The lowest BCUT2D eigenvalue weighted by Gasteiger charge is -2.31. The zero-order valence-corrected chi connectivity index (χ0v) is 20.4. The number of carbonyl (C=O) groups excluding carboxylic acids is 3. The SMILES string of the molecule is CC.CC.CCOC(=O)C(NC=O)C(C)CC.O=C1CCC2c3ccccc3CCN12. The van der Waals surface area contributed by atoms with Gasteiger partial charge in [0, 0.05) is 13.0 Å². The van der Waals surface area contributed by atoms with Crippen LogP contribution in [0.5, 0.6) is 0 Å². The van der Waals surface area contributed by atoms with Crippen LogP contribution in [0, 0.1) is 5.92 Å². The fourth-order valence-corrected chi connectivity index (χ4v) is 3.67. The molecule has 3 atom stereocenters. The van der Waals surface area contributed by atoms with Gasteiger partial charge in [0.15, 0.2) is 0 Å². The highest BCUT2D eigenvalue weighted by atomic mass is 16.5. The first-order valence-corrected chi connectivity index (χ1v) is 11.8. The van der Waals surface area contributed by atoms with Gasteiger partial charge in [-0.1, -0.05) is 72.2 Å². The topological polar surface area (TPSA) is 75.7 Å². The third-order valence-corrected chi connectivity index (χ3v) is 5.37. The van der Waals surface area contributed by atoms with Gasteiger partial charge in [0.1, 0.15) is 6.04 Å². The molecule has 2 aliphatic rings. The molecular formula is C25H42N2O4. The summed E-state index contributed by atoms with van der Waals surface area (Å²) in [6.45, 7) is 14.9. The van der Waals surface area contributed by atoms with Crippen molar-refractivity contribution in [1.82, 2.24) is 10.2 Å². The molecule has 0 bridgehead atoms. The Balaban J connectivity index is 0.000000503. The Morgan fingerprint density at radius 3 is 2.42 bits per heavy atom.